The van der Waals surface area contributed by atoms with E-state index in [2.05, 4.69) is 15.5 Å². The summed E-state index contributed by atoms with van der Waals surface area (Å²) < 4.78 is 6.49. The highest BCUT2D eigenvalue weighted by molar-refractivity contribution is 8.01. The van der Waals surface area contributed by atoms with Crippen molar-refractivity contribution in [3.05, 3.63) is 29.8 Å². The summed E-state index contributed by atoms with van der Waals surface area (Å²) in [4.78, 5) is 12.1. The molecule has 5 nitrogen and oxygen atoms in total. The van der Waals surface area contributed by atoms with Crippen molar-refractivity contribution >= 4 is 34.1 Å². The van der Waals surface area contributed by atoms with Crippen LogP contribution in [0.5, 0.6) is 5.75 Å². The lowest BCUT2D eigenvalue weighted by Crippen LogP contribution is -2.31. The fourth-order valence-corrected chi connectivity index (χ4v) is 3.61. The third-order valence-electron chi connectivity index (χ3n) is 2.84. The van der Waals surface area contributed by atoms with Gasteiger partial charge in [0.2, 0.25) is 5.13 Å². The molecule has 1 aromatic heterocycles. The second-order valence-corrected chi connectivity index (χ2v) is 6.70. The number of para-hydroxylation sites is 1. The molecule has 20 heavy (non-hydrogen) atoms. The van der Waals surface area contributed by atoms with Crippen LogP contribution in [0.4, 0.5) is 5.13 Å². The van der Waals surface area contributed by atoms with Crippen LogP contribution in [0.15, 0.2) is 28.6 Å². The number of fused-ring (bicyclic) bond motifs is 1. The minimum absolute atomic E-state index is 0.176. The smallest absolute Gasteiger partial charge is 0.267 e. The van der Waals surface area contributed by atoms with E-state index in [-0.39, 0.29) is 5.91 Å². The summed E-state index contributed by atoms with van der Waals surface area (Å²) in [6.07, 6.45) is 0.107. The molecule has 0 aliphatic carbocycles. The van der Waals surface area contributed by atoms with Gasteiger partial charge in [0.1, 0.15) is 5.75 Å². The van der Waals surface area contributed by atoms with Gasteiger partial charge in [-0.1, -0.05) is 48.2 Å². The molecule has 3 rings (SSSR count). The minimum Gasteiger partial charge on any atom is -0.480 e. The standard InChI is InChI=1S/C13H13N3O2S2/c1-2-19-13-16-15-12(20-13)14-11(17)10-7-8-5-3-4-6-9(8)18-10/h3-6,10H,2,7H2,1H3,(H,14,15,17)/t10-/m1/s1. The van der Waals surface area contributed by atoms with Crippen molar-refractivity contribution in [2.24, 2.45) is 0 Å². The van der Waals surface area contributed by atoms with E-state index in [9.17, 15) is 4.79 Å². The number of nitrogens with one attached hydrogen (secondary N) is 1. The Kier molecular flexibility index (Phi) is 3.88. The Bertz CT molecular complexity index is 605. The SMILES string of the molecule is CCSc1nnc(NC(=O)[C@H]2Cc3ccccc3O2)s1. The Morgan fingerprint density at radius 1 is 1.50 bits per heavy atom. The number of hydrogen-bond acceptors (Lipinski definition) is 6. The molecule has 1 aliphatic heterocycles. The number of anilines is 1. The Morgan fingerprint density at radius 2 is 2.35 bits per heavy atom. The van der Waals surface area contributed by atoms with Crippen LogP contribution in [-0.2, 0) is 11.2 Å². The molecule has 0 bridgehead atoms. The molecule has 0 saturated heterocycles. The molecule has 0 radical (unpaired) electrons. The van der Waals surface area contributed by atoms with Crippen LogP contribution in [0.25, 0.3) is 0 Å². The molecule has 7 heteroatoms. The Hall–Kier alpha value is -1.60. The summed E-state index contributed by atoms with van der Waals surface area (Å²) in [5.41, 5.74) is 1.06. The van der Waals surface area contributed by atoms with Gasteiger partial charge in [0, 0.05) is 6.42 Å². The quantitative estimate of drug-likeness (QED) is 0.695. The van der Waals surface area contributed by atoms with Gasteiger partial charge in [-0.3, -0.25) is 10.1 Å². The first kappa shape index (κ1) is 13.4. The normalized spacial score (nSPS) is 16.6. The van der Waals surface area contributed by atoms with Gasteiger partial charge in [0.05, 0.1) is 0 Å². The molecular formula is C13H13N3O2S2. The molecule has 0 spiro atoms. The topological polar surface area (TPSA) is 64.1 Å². The summed E-state index contributed by atoms with van der Waals surface area (Å²) in [6.45, 7) is 2.05. The molecule has 0 unspecified atom stereocenters. The van der Waals surface area contributed by atoms with Gasteiger partial charge in [0.15, 0.2) is 10.4 Å². The van der Waals surface area contributed by atoms with Crippen LogP contribution in [0.3, 0.4) is 0 Å². The van der Waals surface area contributed by atoms with E-state index in [0.29, 0.717) is 11.6 Å². The molecule has 2 heterocycles. The second-order valence-electron chi connectivity index (χ2n) is 4.21. The zero-order valence-electron chi connectivity index (χ0n) is 10.8. The highest BCUT2D eigenvalue weighted by Gasteiger charge is 2.29. The van der Waals surface area contributed by atoms with Crippen molar-refractivity contribution in [3.8, 4) is 5.75 Å². The Balaban J connectivity index is 1.63. The fourth-order valence-electron chi connectivity index (χ4n) is 1.96. The van der Waals surface area contributed by atoms with Crippen LogP contribution in [0, 0.1) is 0 Å². The summed E-state index contributed by atoms with van der Waals surface area (Å²) in [7, 11) is 0. The lowest BCUT2D eigenvalue weighted by molar-refractivity contribution is -0.122. The van der Waals surface area contributed by atoms with E-state index in [0.717, 1.165) is 21.4 Å². The molecule has 1 aromatic carbocycles. The summed E-state index contributed by atoms with van der Waals surface area (Å²) in [6, 6.07) is 7.70. The van der Waals surface area contributed by atoms with E-state index in [4.69, 9.17) is 4.74 Å². The summed E-state index contributed by atoms with van der Waals surface area (Å²) >= 11 is 2.99. The van der Waals surface area contributed by atoms with E-state index >= 15 is 0 Å². The number of aromatic nitrogens is 2. The predicted molar refractivity (Wildman–Crippen MR) is 79.5 cm³/mol. The first-order valence-electron chi connectivity index (χ1n) is 6.28. The summed E-state index contributed by atoms with van der Waals surface area (Å²) in [5.74, 6) is 1.54. The first-order valence-corrected chi connectivity index (χ1v) is 8.08. The van der Waals surface area contributed by atoms with E-state index in [1.54, 1.807) is 11.8 Å². The molecule has 1 aliphatic rings. The van der Waals surface area contributed by atoms with Crippen molar-refractivity contribution in [3.63, 3.8) is 0 Å². The van der Waals surface area contributed by atoms with Crippen molar-refractivity contribution < 1.29 is 9.53 Å². The van der Waals surface area contributed by atoms with Crippen LogP contribution >= 0.6 is 23.1 Å². The highest BCUT2D eigenvalue weighted by Crippen LogP contribution is 2.29. The monoisotopic (exact) mass is 307 g/mol. The molecule has 0 fully saturated rings. The lowest BCUT2D eigenvalue weighted by atomic mass is 10.1. The number of carbonyl (C=O) groups is 1. The molecule has 104 valence electrons. The van der Waals surface area contributed by atoms with Gasteiger partial charge >= 0.3 is 0 Å². The summed E-state index contributed by atoms with van der Waals surface area (Å²) in [5, 5.41) is 11.2. The number of ether oxygens (including phenoxy) is 1. The number of benzene rings is 1. The van der Waals surface area contributed by atoms with Crippen LogP contribution < -0.4 is 10.1 Å². The molecule has 1 amide bonds. The van der Waals surface area contributed by atoms with Crippen LogP contribution in [0.1, 0.15) is 12.5 Å². The Morgan fingerprint density at radius 3 is 3.15 bits per heavy atom. The van der Waals surface area contributed by atoms with Crippen molar-refractivity contribution in [1.82, 2.24) is 10.2 Å². The number of carbonyl (C=O) groups excluding carboxylic acids is 1. The fraction of sp³-hybridized carbons (Fsp3) is 0.308. The number of hydrogen-bond donors (Lipinski definition) is 1. The van der Waals surface area contributed by atoms with Gasteiger partial charge in [-0.25, -0.2) is 0 Å². The molecule has 2 aromatic rings. The minimum atomic E-state index is -0.487. The largest absolute Gasteiger partial charge is 0.480 e. The number of rotatable bonds is 4. The van der Waals surface area contributed by atoms with Crippen molar-refractivity contribution in [1.29, 1.82) is 0 Å². The highest BCUT2D eigenvalue weighted by atomic mass is 32.2. The second kappa shape index (κ2) is 5.80. The average Bonchev–Trinajstić information content (AvgIpc) is 3.05. The first-order chi connectivity index (χ1) is 9.76. The van der Waals surface area contributed by atoms with Crippen LogP contribution in [-0.4, -0.2) is 28.0 Å². The molecular weight excluding hydrogens is 294 g/mol. The molecule has 0 saturated carbocycles. The van der Waals surface area contributed by atoms with Gasteiger partial charge < -0.3 is 4.74 Å². The molecule has 1 atom stereocenters. The lowest BCUT2D eigenvalue weighted by Gasteiger charge is -2.08. The third-order valence-corrected chi connectivity index (χ3v) is 4.70. The number of amides is 1. The van der Waals surface area contributed by atoms with E-state index < -0.39 is 6.10 Å². The number of thioether (sulfide) groups is 1. The zero-order valence-corrected chi connectivity index (χ0v) is 12.5. The van der Waals surface area contributed by atoms with Crippen molar-refractivity contribution in [2.45, 2.75) is 23.8 Å². The van der Waals surface area contributed by atoms with Crippen molar-refractivity contribution in [2.75, 3.05) is 11.1 Å². The van der Waals surface area contributed by atoms with E-state index in [1.165, 1.54) is 11.3 Å². The van der Waals surface area contributed by atoms with Gasteiger partial charge in [-0.2, -0.15) is 0 Å². The van der Waals surface area contributed by atoms with Crippen LogP contribution in [0.2, 0.25) is 0 Å². The van der Waals surface area contributed by atoms with Gasteiger partial charge in [0.25, 0.3) is 5.91 Å². The Labute approximate surface area is 124 Å². The number of nitrogens with zero attached hydrogens (tertiary/aromatic N) is 2. The zero-order chi connectivity index (χ0) is 13.9. The average molecular weight is 307 g/mol. The van der Waals surface area contributed by atoms with E-state index in [1.807, 2.05) is 31.2 Å². The predicted octanol–water partition coefficient (Wildman–Crippen LogP) is 2.59. The van der Waals surface area contributed by atoms with Gasteiger partial charge in [-0.15, -0.1) is 10.2 Å². The maximum absolute atomic E-state index is 12.1. The maximum Gasteiger partial charge on any atom is 0.267 e. The maximum atomic E-state index is 12.1. The molecule has 1 N–H and O–H groups in total. The third kappa shape index (κ3) is 2.78. The van der Waals surface area contributed by atoms with Gasteiger partial charge in [-0.05, 0) is 17.4 Å².